The van der Waals surface area contributed by atoms with Crippen molar-refractivity contribution in [2.75, 3.05) is 25.0 Å². The first-order chi connectivity index (χ1) is 14.4. The molecule has 0 unspecified atom stereocenters. The third kappa shape index (κ3) is 5.63. The van der Waals surface area contributed by atoms with E-state index in [-0.39, 0.29) is 18.4 Å². The molecule has 2 amide bonds. The largest absolute Gasteiger partial charge is 0.368 e. The Hall–Kier alpha value is -3.75. The van der Waals surface area contributed by atoms with Crippen molar-refractivity contribution in [1.29, 1.82) is 0 Å². The van der Waals surface area contributed by atoms with Gasteiger partial charge >= 0.3 is 0 Å². The summed E-state index contributed by atoms with van der Waals surface area (Å²) < 4.78 is 1.77. The van der Waals surface area contributed by atoms with Crippen molar-refractivity contribution in [1.82, 2.24) is 30.4 Å². The highest BCUT2D eigenvalue weighted by atomic mass is 16.2. The van der Waals surface area contributed by atoms with Crippen LogP contribution in [0.15, 0.2) is 42.5 Å². The number of benzene rings is 1. The van der Waals surface area contributed by atoms with Gasteiger partial charge in [-0.05, 0) is 39.0 Å². The van der Waals surface area contributed by atoms with Crippen molar-refractivity contribution in [3.63, 3.8) is 0 Å². The van der Waals surface area contributed by atoms with Crippen LogP contribution in [0.1, 0.15) is 27.6 Å². The Labute approximate surface area is 174 Å². The lowest BCUT2D eigenvalue weighted by Gasteiger charge is -2.11. The fourth-order valence-electron chi connectivity index (χ4n) is 2.92. The van der Waals surface area contributed by atoms with Gasteiger partial charge in [0.1, 0.15) is 11.6 Å². The third-order valence-corrected chi connectivity index (χ3v) is 4.25. The molecule has 3 rings (SSSR count). The van der Waals surface area contributed by atoms with Crippen LogP contribution in [-0.2, 0) is 4.79 Å². The van der Waals surface area contributed by atoms with E-state index in [1.165, 1.54) is 0 Å². The smallest absolute Gasteiger partial charge is 0.251 e. The van der Waals surface area contributed by atoms with Crippen LogP contribution in [0, 0.1) is 20.8 Å². The molecule has 0 fully saturated rings. The maximum atomic E-state index is 11.9. The van der Waals surface area contributed by atoms with E-state index in [4.69, 9.17) is 0 Å². The number of anilines is 1. The number of nitrogens with zero attached hydrogens (tertiary/aromatic N) is 4. The van der Waals surface area contributed by atoms with Crippen molar-refractivity contribution in [3.8, 4) is 5.82 Å². The summed E-state index contributed by atoms with van der Waals surface area (Å²) in [7, 11) is 0. The minimum absolute atomic E-state index is 0.0809. The molecule has 0 aliphatic rings. The van der Waals surface area contributed by atoms with Gasteiger partial charge in [-0.15, -0.1) is 0 Å². The predicted octanol–water partition coefficient (Wildman–Crippen LogP) is 1.55. The molecule has 0 atom stereocenters. The normalized spacial score (nSPS) is 10.5. The molecule has 2 heterocycles. The Balaban J connectivity index is 1.45. The summed E-state index contributed by atoms with van der Waals surface area (Å²) >= 11 is 0. The van der Waals surface area contributed by atoms with E-state index in [1.807, 2.05) is 39.0 Å². The van der Waals surface area contributed by atoms with Crippen molar-refractivity contribution in [2.45, 2.75) is 20.8 Å². The summed E-state index contributed by atoms with van der Waals surface area (Å²) in [6.45, 7) is 6.50. The molecule has 2 aromatic heterocycles. The van der Waals surface area contributed by atoms with Crippen molar-refractivity contribution >= 4 is 17.6 Å². The van der Waals surface area contributed by atoms with Crippen LogP contribution >= 0.6 is 0 Å². The van der Waals surface area contributed by atoms with Gasteiger partial charge in [0.15, 0.2) is 5.82 Å². The minimum Gasteiger partial charge on any atom is -0.368 e. The van der Waals surface area contributed by atoms with Crippen LogP contribution in [0.4, 0.5) is 5.82 Å². The van der Waals surface area contributed by atoms with Crippen molar-refractivity contribution in [2.24, 2.45) is 0 Å². The molecule has 0 aliphatic carbocycles. The Morgan fingerprint density at radius 1 is 0.967 bits per heavy atom. The van der Waals surface area contributed by atoms with Gasteiger partial charge in [-0.25, -0.2) is 14.6 Å². The molecule has 0 bridgehead atoms. The number of rotatable bonds is 8. The van der Waals surface area contributed by atoms with Gasteiger partial charge in [0, 0.05) is 30.4 Å². The molecule has 9 nitrogen and oxygen atoms in total. The fourth-order valence-corrected chi connectivity index (χ4v) is 2.92. The van der Waals surface area contributed by atoms with Crippen molar-refractivity contribution in [3.05, 3.63) is 65.2 Å². The number of carbonyl (C=O) groups is 2. The van der Waals surface area contributed by atoms with Gasteiger partial charge in [-0.3, -0.25) is 9.59 Å². The zero-order valence-electron chi connectivity index (χ0n) is 17.3. The highest BCUT2D eigenvalue weighted by Crippen LogP contribution is 2.13. The average molecular weight is 407 g/mol. The van der Waals surface area contributed by atoms with Crippen LogP contribution in [0.5, 0.6) is 0 Å². The standard InChI is InChI=1S/C21H25N7O2/c1-14-11-15(2)28(27-14)19-12-18(25-16(3)26-19)22-9-10-23-20(29)13-24-21(30)17-7-5-4-6-8-17/h4-8,11-12H,9-10,13H2,1-3H3,(H,23,29)(H,24,30)(H,22,25,26). The number of hydrogen-bond donors (Lipinski definition) is 3. The van der Waals surface area contributed by atoms with Crippen LogP contribution in [0.2, 0.25) is 0 Å². The summed E-state index contributed by atoms with van der Waals surface area (Å²) in [6, 6.07) is 12.6. The number of aryl methyl sites for hydroxylation is 3. The monoisotopic (exact) mass is 407 g/mol. The van der Waals surface area contributed by atoms with Crippen LogP contribution in [0.25, 0.3) is 5.82 Å². The maximum Gasteiger partial charge on any atom is 0.251 e. The second-order valence-corrected chi connectivity index (χ2v) is 6.82. The Kier molecular flexibility index (Phi) is 6.74. The molecule has 9 heteroatoms. The van der Waals surface area contributed by atoms with E-state index >= 15 is 0 Å². The SMILES string of the molecule is Cc1cc(C)n(-c2cc(NCCNC(=O)CNC(=O)c3ccccc3)nc(C)n2)n1. The van der Waals surface area contributed by atoms with E-state index in [0.717, 1.165) is 11.4 Å². The summed E-state index contributed by atoms with van der Waals surface area (Å²) in [5.74, 6) is 1.41. The molecule has 0 radical (unpaired) electrons. The van der Waals surface area contributed by atoms with Crippen LogP contribution in [0.3, 0.4) is 0 Å². The first-order valence-electron chi connectivity index (χ1n) is 9.65. The maximum absolute atomic E-state index is 11.9. The molecule has 156 valence electrons. The van der Waals surface area contributed by atoms with E-state index < -0.39 is 0 Å². The molecule has 0 spiro atoms. The minimum atomic E-state index is -0.281. The van der Waals surface area contributed by atoms with E-state index in [0.29, 0.717) is 36.1 Å². The lowest BCUT2D eigenvalue weighted by atomic mass is 10.2. The van der Waals surface area contributed by atoms with E-state index in [2.05, 4.69) is 31.0 Å². The predicted molar refractivity (Wildman–Crippen MR) is 114 cm³/mol. The van der Waals surface area contributed by atoms with Gasteiger partial charge in [0.05, 0.1) is 12.2 Å². The van der Waals surface area contributed by atoms with Gasteiger partial charge < -0.3 is 16.0 Å². The lowest BCUT2D eigenvalue weighted by molar-refractivity contribution is -0.120. The molecular weight excluding hydrogens is 382 g/mol. The molecule has 3 aromatic rings. The molecule has 3 N–H and O–H groups in total. The Bertz CT molecular complexity index is 1030. The molecular formula is C21H25N7O2. The number of hydrogen-bond acceptors (Lipinski definition) is 6. The second-order valence-electron chi connectivity index (χ2n) is 6.82. The second kappa shape index (κ2) is 9.64. The molecule has 0 saturated heterocycles. The number of aromatic nitrogens is 4. The number of amides is 2. The van der Waals surface area contributed by atoms with Gasteiger partial charge in [-0.2, -0.15) is 5.10 Å². The van der Waals surface area contributed by atoms with E-state index in [9.17, 15) is 9.59 Å². The first kappa shape index (κ1) is 21.0. The number of nitrogens with one attached hydrogen (secondary N) is 3. The lowest BCUT2D eigenvalue weighted by Crippen LogP contribution is -2.38. The number of carbonyl (C=O) groups excluding carboxylic acids is 2. The van der Waals surface area contributed by atoms with Gasteiger partial charge in [0.25, 0.3) is 5.91 Å². The summed E-state index contributed by atoms with van der Waals surface area (Å²) in [5.41, 5.74) is 2.42. The quantitative estimate of drug-likeness (QED) is 0.488. The molecule has 0 aliphatic heterocycles. The summed E-state index contributed by atoms with van der Waals surface area (Å²) in [5, 5.41) is 13.0. The van der Waals surface area contributed by atoms with E-state index in [1.54, 1.807) is 28.9 Å². The molecule has 1 aromatic carbocycles. The highest BCUT2D eigenvalue weighted by molar-refractivity contribution is 5.96. The average Bonchev–Trinajstić information content (AvgIpc) is 3.07. The first-order valence-corrected chi connectivity index (χ1v) is 9.65. The van der Waals surface area contributed by atoms with Crippen molar-refractivity contribution < 1.29 is 9.59 Å². The molecule has 0 saturated carbocycles. The Morgan fingerprint density at radius 3 is 2.43 bits per heavy atom. The fraction of sp³-hybridized carbons (Fsp3) is 0.286. The van der Waals surface area contributed by atoms with Gasteiger partial charge in [0.2, 0.25) is 5.91 Å². The van der Waals surface area contributed by atoms with Crippen LogP contribution < -0.4 is 16.0 Å². The summed E-state index contributed by atoms with van der Waals surface area (Å²) in [4.78, 5) is 32.7. The zero-order chi connectivity index (χ0) is 21.5. The Morgan fingerprint density at radius 2 is 1.73 bits per heavy atom. The summed E-state index contributed by atoms with van der Waals surface area (Å²) in [6.07, 6.45) is 0. The van der Waals surface area contributed by atoms with Crippen LogP contribution in [-0.4, -0.2) is 51.2 Å². The zero-order valence-corrected chi connectivity index (χ0v) is 17.3. The van der Waals surface area contributed by atoms with Gasteiger partial charge in [-0.1, -0.05) is 18.2 Å². The highest BCUT2D eigenvalue weighted by Gasteiger charge is 2.09. The topological polar surface area (TPSA) is 114 Å². The molecule has 30 heavy (non-hydrogen) atoms. The third-order valence-electron chi connectivity index (χ3n) is 4.25.